The van der Waals surface area contributed by atoms with E-state index >= 15 is 0 Å². The number of anilines is 1. The minimum Gasteiger partial charge on any atom is -0.481 e. The van der Waals surface area contributed by atoms with Gasteiger partial charge in [-0.3, -0.25) is 9.59 Å². The summed E-state index contributed by atoms with van der Waals surface area (Å²) < 4.78 is 10.2. The number of benzene rings is 1. The van der Waals surface area contributed by atoms with Gasteiger partial charge in [-0.2, -0.15) is 0 Å². The number of fused-ring (bicyclic) bond motifs is 1. The number of rotatable bonds is 10. The van der Waals surface area contributed by atoms with Gasteiger partial charge in [0.2, 0.25) is 5.91 Å². The Bertz CT molecular complexity index is 1070. The number of carboxylic acids is 1. The van der Waals surface area contributed by atoms with E-state index < -0.39 is 47.2 Å². The molecule has 0 fully saturated rings. The summed E-state index contributed by atoms with van der Waals surface area (Å²) in [6, 6.07) is 6.41. The molecule has 2 rings (SSSR count). The van der Waals surface area contributed by atoms with Crippen molar-refractivity contribution in [2.75, 3.05) is 25.6 Å². The van der Waals surface area contributed by atoms with Crippen LogP contribution >= 0.6 is 0 Å². The maximum absolute atomic E-state index is 13.8. The number of methoxy groups -OCH3 is 1. The SMILES string of the molecule is COC(=O)N(C)[C@@H]1Cc2ccccc2N(C(=O)CC(C)(C)C[C@H](NC(=O)OC(C)(C)C)[C@@H](O)C[C@@H](C)C(=O)O)C1. The van der Waals surface area contributed by atoms with Crippen molar-refractivity contribution in [2.24, 2.45) is 11.3 Å². The Morgan fingerprint density at radius 2 is 1.77 bits per heavy atom. The number of aliphatic hydroxyl groups is 1. The molecule has 0 aromatic heterocycles. The van der Waals surface area contributed by atoms with Crippen molar-refractivity contribution in [1.29, 1.82) is 0 Å². The first-order valence-electron chi connectivity index (χ1n) is 13.5. The summed E-state index contributed by atoms with van der Waals surface area (Å²) >= 11 is 0. The molecular weight excluding hydrogens is 518 g/mol. The van der Waals surface area contributed by atoms with Crippen molar-refractivity contribution in [3.63, 3.8) is 0 Å². The minimum absolute atomic E-state index is 0.0731. The highest BCUT2D eigenvalue weighted by molar-refractivity contribution is 5.95. The van der Waals surface area contributed by atoms with Gasteiger partial charge in [-0.1, -0.05) is 39.0 Å². The summed E-state index contributed by atoms with van der Waals surface area (Å²) in [5, 5.41) is 23.0. The molecule has 1 aromatic rings. The number of para-hydroxylation sites is 1. The fourth-order valence-corrected chi connectivity index (χ4v) is 4.90. The van der Waals surface area contributed by atoms with E-state index in [0.717, 1.165) is 11.3 Å². The third kappa shape index (κ3) is 9.39. The van der Waals surface area contributed by atoms with Crippen LogP contribution in [-0.2, 0) is 25.5 Å². The molecule has 0 bridgehead atoms. The molecule has 1 aromatic carbocycles. The van der Waals surface area contributed by atoms with Crippen molar-refractivity contribution in [2.45, 2.75) is 91.0 Å². The van der Waals surface area contributed by atoms with Crippen molar-refractivity contribution in [3.8, 4) is 0 Å². The molecule has 3 amide bonds. The molecule has 11 nitrogen and oxygen atoms in total. The number of carbonyl (C=O) groups is 4. The number of nitrogens with zero attached hydrogens (tertiary/aromatic N) is 2. The van der Waals surface area contributed by atoms with Crippen LogP contribution in [0.1, 0.15) is 66.4 Å². The standard InChI is InChI=1S/C29H45N3O8/c1-18(25(35)36)13-23(33)21(30-26(37)40-28(2,3)4)15-29(5,6)16-24(34)32-17-20(31(7)27(38)39-8)14-19-11-9-10-12-22(19)32/h9-12,18,20-21,23,33H,13-17H2,1-8H3,(H,30,37)(H,35,36)/t18-,20-,21+,23+/m1/s1. The number of carboxylic acid groups (broad SMARTS) is 1. The van der Waals surface area contributed by atoms with Gasteiger partial charge in [0, 0.05) is 25.7 Å². The molecule has 0 aliphatic carbocycles. The van der Waals surface area contributed by atoms with Crippen LogP contribution in [-0.4, -0.2) is 83.7 Å². The van der Waals surface area contributed by atoms with Gasteiger partial charge < -0.3 is 34.8 Å². The number of nitrogens with one attached hydrogen (secondary N) is 1. The summed E-state index contributed by atoms with van der Waals surface area (Å²) in [6.45, 7) is 10.6. The van der Waals surface area contributed by atoms with Gasteiger partial charge in [0.05, 0.1) is 31.2 Å². The lowest BCUT2D eigenvalue weighted by Crippen LogP contribution is -2.52. The van der Waals surface area contributed by atoms with Crippen molar-refractivity contribution in [3.05, 3.63) is 29.8 Å². The van der Waals surface area contributed by atoms with Crippen molar-refractivity contribution in [1.82, 2.24) is 10.2 Å². The van der Waals surface area contributed by atoms with E-state index in [-0.39, 0.29) is 37.8 Å². The molecule has 0 spiro atoms. The van der Waals surface area contributed by atoms with Gasteiger partial charge in [-0.15, -0.1) is 0 Å². The average molecular weight is 564 g/mol. The molecule has 0 saturated carbocycles. The third-order valence-corrected chi connectivity index (χ3v) is 7.03. The molecule has 1 aliphatic heterocycles. The van der Waals surface area contributed by atoms with Crippen LogP contribution in [0.2, 0.25) is 0 Å². The summed E-state index contributed by atoms with van der Waals surface area (Å²) in [5.41, 5.74) is 0.231. The van der Waals surface area contributed by atoms with Crippen LogP contribution in [0.4, 0.5) is 15.3 Å². The molecule has 4 atom stereocenters. The lowest BCUT2D eigenvalue weighted by Gasteiger charge is -2.40. The molecule has 0 saturated heterocycles. The van der Waals surface area contributed by atoms with Gasteiger partial charge in [0.25, 0.3) is 0 Å². The first kappa shape index (κ1) is 32.9. The van der Waals surface area contributed by atoms with Crippen LogP contribution in [0, 0.1) is 11.3 Å². The van der Waals surface area contributed by atoms with E-state index in [0.29, 0.717) is 6.42 Å². The lowest BCUT2D eigenvalue weighted by molar-refractivity contribution is -0.142. The Kier molecular flexibility index (Phi) is 11.0. The highest BCUT2D eigenvalue weighted by Crippen LogP contribution is 2.34. The highest BCUT2D eigenvalue weighted by atomic mass is 16.6. The Balaban J connectivity index is 2.26. The van der Waals surface area contributed by atoms with E-state index in [4.69, 9.17) is 9.47 Å². The molecule has 40 heavy (non-hydrogen) atoms. The zero-order chi connectivity index (χ0) is 30.4. The van der Waals surface area contributed by atoms with Crippen LogP contribution < -0.4 is 10.2 Å². The molecule has 3 N–H and O–H groups in total. The number of hydrogen-bond acceptors (Lipinski definition) is 7. The van der Waals surface area contributed by atoms with E-state index in [1.54, 1.807) is 32.7 Å². The highest BCUT2D eigenvalue weighted by Gasteiger charge is 2.37. The summed E-state index contributed by atoms with van der Waals surface area (Å²) in [6.07, 6.45) is -1.65. The maximum Gasteiger partial charge on any atom is 0.409 e. The Morgan fingerprint density at radius 3 is 2.35 bits per heavy atom. The average Bonchev–Trinajstić information content (AvgIpc) is 2.84. The summed E-state index contributed by atoms with van der Waals surface area (Å²) in [5.74, 6) is -2.07. The molecule has 0 unspecified atom stereocenters. The predicted molar refractivity (Wildman–Crippen MR) is 150 cm³/mol. The van der Waals surface area contributed by atoms with Crippen LogP contribution in [0.25, 0.3) is 0 Å². The number of alkyl carbamates (subject to hydrolysis) is 1. The molecule has 0 radical (unpaired) electrons. The topological polar surface area (TPSA) is 146 Å². The van der Waals surface area contributed by atoms with Gasteiger partial charge >= 0.3 is 18.2 Å². The second-order valence-corrected chi connectivity index (χ2v) is 12.4. The number of hydrogen-bond donors (Lipinski definition) is 3. The molecule has 1 heterocycles. The predicted octanol–water partition coefficient (Wildman–Crippen LogP) is 3.81. The maximum atomic E-state index is 13.8. The second kappa shape index (κ2) is 13.3. The van der Waals surface area contributed by atoms with E-state index in [9.17, 15) is 29.4 Å². The number of amides is 3. The third-order valence-electron chi connectivity index (χ3n) is 7.03. The Hall–Kier alpha value is -3.34. The zero-order valence-corrected chi connectivity index (χ0v) is 24.9. The zero-order valence-electron chi connectivity index (χ0n) is 24.9. The van der Waals surface area contributed by atoms with Crippen LogP contribution in [0.15, 0.2) is 24.3 Å². The van der Waals surface area contributed by atoms with E-state index in [2.05, 4.69) is 5.32 Å². The normalized spacial score (nSPS) is 17.6. The molecule has 1 aliphatic rings. The number of likely N-dealkylation sites (N-methyl/N-ethyl adjacent to an activating group) is 1. The van der Waals surface area contributed by atoms with E-state index in [1.165, 1.54) is 18.9 Å². The van der Waals surface area contributed by atoms with Gasteiger partial charge in [0.15, 0.2) is 0 Å². The number of aliphatic carboxylic acids is 1. The number of ether oxygens (including phenoxy) is 2. The first-order chi connectivity index (χ1) is 18.4. The number of aliphatic hydroxyl groups excluding tert-OH is 1. The first-order valence-corrected chi connectivity index (χ1v) is 13.5. The summed E-state index contributed by atoms with van der Waals surface area (Å²) in [4.78, 5) is 53.1. The fourth-order valence-electron chi connectivity index (χ4n) is 4.90. The Morgan fingerprint density at radius 1 is 1.15 bits per heavy atom. The quantitative estimate of drug-likeness (QED) is 0.390. The summed E-state index contributed by atoms with van der Waals surface area (Å²) in [7, 11) is 2.96. The second-order valence-electron chi connectivity index (χ2n) is 12.4. The van der Waals surface area contributed by atoms with Gasteiger partial charge in [0.1, 0.15) is 5.60 Å². The monoisotopic (exact) mass is 563 g/mol. The molecule has 11 heteroatoms. The number of carbonyl (C=O) groups excluding carboxylic acids is 3. The molecular formula is C29H45N3O8. The van der Waals surface area contributed by atoms with Gasteiger partial charge in [-0.05, 0) is 57.1 Å². The van der Waals surface area contributed by atoms with Crippen molar-refractivity contribution >= 4 is 29.8 Å². The van der Waals surface area contributed by atoms with Gasteiger partial charge in [-0.25, -0.2) is 9.59 Å². The smallest absolute Gasteiger partial charge is 0.409 e. The van der Waals surface area contributed by atoms with Crippen LogP contribution in [0.5, 0.6) is 0 Å². The lowest BCUT2D eigenvalue weighted by atomic mass is 9.79. The minimum atomic E-state index is -1.18. The van der Waals surface area contributed by atoms with Crippen LogP contribution in [0.3, 0.4) is 0 Å². The Labute approximate surface area is 236 Å². The van der Waals surface area contributed by atoms with Crippen molar-refractivity contribution < 1.29 is 38.9 Å². The largest absolute Gasteiger partial charge is 0.481 e. The molecule has 224 valence electrons. The fraction of sp³-hybridized carbons (Fsp3) is 0.655. The van der Waals surface area contributed by atoms with E-state index in [1.807, 2.05) is 38.1 Å².